The molecule has 0 saturated carbocycles. The van der Waals surface area contributed by atoms with E-state index in [1.54, 1.807) is 4.68 Å². The van der Waals surface area contributed by atoms with Crippen molar-refractivity contribution in [1.82, 2.24) is 9.78 Å². The van der Waals surface area contributed by atoms with E-state index in [1.807, 2.05) is 13.8 Å². The number of aryl methyl sites for hydroxylation is 2. The van der Waals surface area contributed by atoms with Gasteiger partial charge in [-0.3, -0.25) is 4.68 Å². The third-order valence-electron chi connectivity index (χ3n) is 4.42. The molecule has 0 bridgehead atoms. The molecule has 2 aromatic rings. The van der Waals surface area contributed by atoms with E-state index in [0.717, 1.165) is 13.8 Å². The van der Waals surface area contributed by atoms with Crippen LogP contribution >= 0.6 is 11.6 Å². The average molecular weight is 392 g/mol. The van der Waals surface area contributed by atoms with Crippen LogP contribution in [0.4, 0.5) is 13.2 Å². The van der Waals surface area contributed by atoms with E-state index in [1.165, 1.54) is 18.2 Å². The standard InChI is InChI=1S/C19H24ClF3N2O/c1-6-14-16(20)17(25(7-2)24-14)13-9-8-12(10-15(13)26-5)11-18(3,4)19(21,22)23/h8-10H,6-7,11H2,1-5H3/i5D3. The third kappa shape index (κ3) is 3.85. The molecule has 26 heavy (non-hydrogen) atoms. The first-order valence-electron chi connectivity index (χ1n) is 9.84. The molecule has 1 aromatic carbocycles. The van der Waals surface area contributed by atoms with Crippen molar-refractivity contribution in [3.05, 3.63) is 34.5 Å². The highest BCUT2D eigenvalue weighted by molar-refractivity contribution is 6.33. The van der Waals surface area contributed by atoms with Gasteiger partial charge in [-0.05, 0) is 37.5 Å². The van der Waals surface area contributed by atoms with Crippen LogP contribution in [-0.4, -0.2) is 23.0 Å². The number of rotatable bonds is 6. The number of alkyl halides is 3. The minimum absolute atomic E-state index is 0.0559. The summed E-state index contributed by atoms with van der Waals surface area (Å²) in [5.41, 5.74) is -0.180. The first-order valence-corrected chi connectivity index (χ1v) is 8.72. The molecule has 0 aliphatic carbocycles. The molecule has 3 nitrogen and oxygen atoms in total. The lowest BCUT2D eigenvalue weighted by atomic mass is 9.84. The molecule has 0 spiro atoms. The van der Waals surface area contributed by atoms with E-state index in [2.05, 4.69) is 5.10 Å². The fraction of sp³-hybridized carbons (Fsp3) is 0.526. The number of nitrogens with zero attached hydrogens (tertiary/aromatic N) is 2. The van der Waals surface area contributed by atoms with Gasteiger partial charge in [0.2, 0.25) is 0 Å². The lowest BCUT2D eigenvalue weighted by Gasteiger charge is -2.28. The van der Waals surface area contributed by atoms with Crippen LogP contribution in [0.15, 0.2) is 18.2 Å². The molecule has 0 radical (unpaired) electrons. The highest BCUT2D eigenvalue weighted by Gasteiger charge is 2.47. The van der Waals surface area contributed by atoms with Crippen LogP contribution in [0.25, 0.3) is 11.3 Å². The van der Waals surface area contributed by atoms with Crippen molar-refractivity contribution in [2.24, 2.45) is 5.41 Å². The van der Waals surface area contributed by atoms with Crippen molar-refractivity contribution in [3.63, 3.8) is 0 Å². The van der Waals surface area contributed by atoms with E-state index < -0.39 is 18.6 Å². The summed E-state index contributed by atoms with van der Waals surface area (Å²) in [6.07, 6.45) is -4.15. The summed E-state index contributed by atoms with van der Waals surface area (Å²) >= 11 is 6.46. The predicted octanol–water partition coefficient (Wildman–Crippen LogP) is 5.93. The van der Waals surface area contributed by atoms with Crippen molar-refractivity contribution in [2.45, 2.75) is 53.3 Å². The Morgan fingerprint density at radius 2 is 1.96 bits per heavy atom. The lowest BCUT2D eigenvalue weighted by molar-refractivity contribution is -0.211. The monoisotopic (exact) mass is 391 g/mol. The summed E-state index contributed by atoms with van der Waals surface area (Å²) in [5.74, 6) is -0.0559. The van der Waals surface area contributed by atoms with Crippen LogP contribution in [-0.2, 0) is 19.4 Å². The number of hydrogen-bond donors (Lipinski definition) is 0. The smallest absolute Gasteiger partial charge is 0.394 e. The second-order valence-corrected chi connectivity index (χ2v) is 7.15. The fourth-order valence-electron chi connectivity index (χ4n) is 2.77. The van der Waals surface area contributed by atoms with Gasteiger partial charge in [-0.25, -0.2) is 0 Å². The molecule has 0 unspecified atom stereocenters. The number of hydrogen-bond acceptors (Lipinski definition) is 2. The lowest BCUT2D eigenvalue weighted by Crippen LogP contribution is -2.34. The topological polar surface area (TPSA) is 27.1 Å². The zero-order valence-electron chi connectivity index (χ0n) is 18.2. The Bertz CT molecular complexity index is 877. The summed E-state index contributed by atoms with van der Waals surface area (Å²) in [6, 6.07) is 4.41. The van der Waals surface area contributed by atoms with Gasteiger partial charge >= 0.3 is 6.18 Å². The Balaban J connectivity index is 2.62. The summed E-state index contributed by atoms with van der Waals surface area (Å²) in [7, 11) is -2.77. The molecule has 7 heteroatoms. The van der Waals surface area contributed by atoms with Gasteiger partial charge in [0.15, 0.2) is 0 Å². The largest absolute Gasteiger partial charge is 0.496 e. The van der Waals surface area contributed by atoms with Crippen LogP contribution in [0.1, 0.15) is 43.1 Å². The molecule has 2 rings (SSSR count). The number of halogens is 4. The van der Waals surface area contributed by atoms with Crippen molar-refractivity contribution in [2.75, 3.05) is 7.04 Å². The number of methoxy groups -OCH3 is 1. The van der Waals surface area contributed by atoms with Gasteiger partial charge in [-0.2, -0.15) is 18.3 Å². The summed E-state index contributed by atoms with van der Waals surface area (Å²) in [5, 5.41) is 4.78. The highest BCUT2D eigenvalue weighted by atomic mass is 35.5. The van der Waals surface area contributed by atoms with Crippen molar-refractivity contribution in [3.8, 4) is 17.0 Å². The molecular formula is C19H24ClF3N2O. The van der Waals surface area contributed by atoms with Gasteiger partial charge in [-0.15, -0.1) is 0 Å². The van der Waals surface area contributed by atoms with Gasteiger partial charge in [0.25, 0.3) is 0 Å². The highest BCUT2D eigenvalue weighted by Crippen LogP contribution is 2.42. The molecular weight excluding hydrogens is 365 g/mol. The Morgan fingerprint density at radius 1 is 1.27 bits per heavy atom. The van der Waals surface area contributed by atoms with Crippen LogP contribution in [0, 0.1) is 5.41 Å². The molecule has 0 N–H and O–H groups in total. The quantitative estimate of drug-likeness (QED) is 0.610. The molecule has 0 amide bonds. The maximum Gasteiger partial charge on any atom is 0.394 e. The maximum absolute atomic E-state index is 13.3. The van der Waals surface area contributed by atoms with E-state index in [4.69, 9.17) is 20.5 Å². The number of ether oxygens (including phenoxy) is 1. The zero-order chi connectivity index (χ0) is 22.2. The summed E-state index contributed by atoms with van der Waals surface area (Å²) in [4.78, 5) is 0. The van der Waals surface area contributed by atoms with Crippen LogP contribution < -0.4 is 4.74 Å². The van der Waals surface area contributed by atoms with Crippen LogP contribution in [0.5, 0.6) is 5.75 Å². The van der Waals surface area contributed by atoms with Gasteiger partial charge in [0.05, 0.1) is 33.0 Å². The first kappa shape index (κ1) is 16.5. The zero-order valence-corrected chi connectivity index (χ0v) is 15.9. The van der Waals surface area contributed by atoms with Gasteiger partial charge < -0.3 is 4.74 Å². The molecule has 0 aliphatic rings. The second kappa shape index (κ2) is 7.51. The SMILES string of the molecule is [2H]C([2H])([2H])Oc1cc(CC(C)(C)C(F)(F)F)ccc1-c1c(Cl)c(CC)nn1CC. The maximum atomic E-state index is 13.3. The molecule has 0 atom stereocenters. The Morgan fingerprint density at radius 3 is 2.50 bits per heavy atom. The fourth-order valence-corrected chi connectivity index (χ4v) is 3.14. The normalized spacial score (nSPS) is 14.7. The van der Waals surface area contributed by atoms with Gasteiger partial charge in [-0.1, -0.05) is 38.4 Å². The predicted molar refractivity (Wildman–Crippen MR) is 97.8 cm³/mol. The molecule has 0 fully saturated rings. The van der Waals surface area contributed by atoms with Crippen molar-refractivity contribution >= 4 is 11.6 Å². The van der Waals surface area contributed by atoms with E-state index in [-0.39, 0.29) is 12.2 Å². The summed E-state index contributed by atoms with van der Waals surface area (Å²) < 4.78 is 68.9. The van der Waals surface area contributed by atoms with Crippen molar-refractivity contribution < 1.29 is 22.0 Å². The minimum atomic E-state index is -4.41. The number of benzene rings is 1. The van der Waals surface area contributed by atoms with Crippen LogP contribution in [0.3, 0.4) is 0 Å². The van der Waals surface area contributed by atoms with Crippen LogP contribution in [0.2, 0.25) is 5.02 Å². The van der Waals surface area contributed by atoms with Gasteiger partial charge in [0, 0.05) is 12.1 Å². The molecule has 1 aromatic heterocycles. The third-order valence-corrected chi connectivity index (χ3v) is 4.82. The first-order chi connectivity index (χ1) is 13.2. The number of aromatic nitrogens is 2. The Kier molecular flexibility index (Phi) is 4.76. The molecule has 144 valence electrons. The summed E-state index contributed by atoms with van der Waals surface area (Å²) in [6.45, 7) is 6.42. The van der Waals surface area contributed by atoms with E-state index >= 15 is 0 Å². The second-order valence-electron chi connectivity index (χ2n) is 6.77. The minimum Gasteiger partial charge on any atom is -0.496 e. The average Bonchev–Trinajstić information content (AvgIpc) is 2.88. The Labute approximate surface area is 161 Å². The van der Waals surface area contributed by atoms with Gasteiger partial charge in [0.1, 0.15) is 5.75 Å². The molecule has 0 aliphatic heterocycles. The van der Waals surface area contributed by atoms with E-state index in [0.29, 0.717) is 40.5 Å². The molecule has 1 heterocycles. The Hall–Kier alpha value is -1.69. The van der Waals surface area contributed by atoms with E-state index in [9.17, 15) is 13.2 Å². The van der Waals surface area contributed by atoms with Crippen molar-refractivity contribution in [1.29, 1.82) is 0 Å². The molecule has 0 saturated heterocycles.